The van der Waals surface area contributed by atoms with E-state index in [-0.39, 0.29) is 5.75 Å². The molecule has 0 bridgehead atoms. The van der Waals surface area contributed by atoms with Crippen LogP contribution in [0.5, 0.6) is 5.75 Å². The summed E-state index contributed by atoms with van der Waals surface area (Å²) in [6, 6.07) is 20.7. The van der Waals surface area contributed by atoms with Crippen molar-refractivity contribution in [2.24, 2.45) is 4.99 Å². The van der Waals surface area contributed by atoms with Crippen LogP contribution < -0.4 is 0 Å². The number of carbonyl (C=O) groups excluding carboxylic acids is 1. The maximum atomic E-state index is 10.7. The molecule has 128 valence electrons. The lowest BCUT2D eigenvalue weighted by molar-refractivity contribution is 0.112. The van der Waals surface area contributed by atoms with Crippen molar-refractivity contribution in [1.29, 1.82) is 0 Å². The standard InChI is InChI=1S/C23H19NO2/c1-17-2-13-23(26)22(14-17)24-15-20-9-5-18(6-10-20)3-4-19-7-11-21(16-25)12-8-19/h2-16,26H,1H3. The Morgan fingerprint density at radius 2 is 1.31 bits per heavy atom. The van der Waals surface area contributed by atoms with E-state index in [4.69, 9.17) is 0 Å². The summed E-state index contributed by atoms with van der Waals surface area (Å²) in [5, 5.41) is 9.83. The SMILES string of the molecule is Cc1ccc(O)c(N=Cc2ccc(C=Cc3ccc(C=O)cc3)cc2)c1. The number of phenolic OH excluding ortho intramolecular Hbond substituents is 1. The van der Waals surface area contributed by atoms with Crippen LogP contribution in [0.1, 0.15) is 32.6 Å². The quantitative estimate of drug-likeness (QED) is 0.382. The Hall–Kier alpha value is -3.46. The second-order valence-electron chi connectivity index (χ2n) is 6.03. The number of benzene rings is 3. The molecule has 0 unspecified atom stereocenters. The molecule has 0 radical (unpaired) electrons. The second-order valence-corrected chi connectivity index (χ2v) is 6.03. The fraction of sp³-hybridized carbons (Fsp3) is 0.0435. The zero-order chi connectivity index (χ0) is 18.4. The van der Waals surface area contributed by atoms with Gasteiger partial charge in [0, 0.05) is 11.8 Å². The normalized spacial score (nSPS) is 11.3. The van der Waals surface area contributed by atoms with Crippen LogP contribution in [0.15, 0.2) is 71.7 Å². The van der Waals surface area contributed by atoms with Crippen LogP contribution in [-0.4, -0.2) is 17.6 Å². The number of aryl methyl sites for hydroxylation is 1. The summed E-state index contributed by atoms with van der Waals surface area (Å²) >= 11 is 0. The molecule has 26 heavy (non-hydrogen) atoms. The van der Waals surface area contributed by atoms with Gasteiger partial charge in [-0.15, -0.1) is 0 Å². The third kappa shape index (κ3) is 4.54. The highest BCUT2D eigenvalue weighted by molar-refractivity contribution is 5.83. The summed E-state index contributed by atoms with van der Waals surface area (Å²) in [6.45, 7) is 1.96. The lowest BCUT2D eigenvalue weighted by Gasteiger charge is -2.00. The summed E-state index contributed by atoms with van der Waals surface area (Å²) in [7, 11) is 0. The van der Waals surface area contributed by atoms with Crippen molar-refractivity contribution in [2.75, 3.05) is 0 Å². The first-order valence-electron chi connectivity index (χ1n) is 8.31. The number of hydrogen-bond donors (Lipinski definition) is 1. The molecule has 0 amide bonds. The molecule has 1 N–H and O–H groups in total. The van der Waals surface area contributed by atoms with E-state index in [1.54, 1.807) is 24.4 Å². The monoisotopic (exact) mass is 341 g/mol. The number of aliphatic imine (C=N–C) groups is 1. The van der Waals surface area contributed by atoms with Crippen LogP contribution in [0.25, 0.3) is 12.2 Å². The van der Waals surface area contributed by atoms with E-state index in [0.29, 0.717) is 11.3 Å². The maximum absolute atomic E-state index is 10.7. The minimum Gasteiger partial charge on any atom is -0.506 e. The van der Waals surface area contributed by atoms with Gasteiger partial charge < -0.3 is 5.11 Å². The molecule has 0 saturated carbocycles. The van der Waals surface area contributed by atoms with Crippen LogP contribution in [-0.2, 0) is 0 Å². The van der Waals surface area contributed by atoms with E-state index >= 15 is 0 Å². The Morgan fingerprint density at radius 1 is 0.769 bits per heavy atom. The smallest absolute Gasteiger partial charge is 0.150 e. The fourth-order valence-electron chi connectivity index (χ4n) is 2.45. The van der Waals surface area contributed by atoms with Gasteiger partial charge in [-0.05, 0) is 41.3 Å². The maximum Gasteiger partial charge on any atom is 0.150 e. The van der Waals surface area contributed by atoms with Crippen molar-refractivity contribution in [3.8, 4) is 5.75 Å². The Kier molecular flexibility index (Phi) is 5.40. The molecular formula is C23H19NO2. The molecule has 0 aromatic heterocycles. The Bertz CT molecular complexity index is 953. The van der Waals surface area contributed by atoms with Gasteiger partial charge in [0.1, 0.15) is 17.7 Å². The lowest BCUT2D eigenvalue weighted by Crippen LogP contribution is -1.82. The summed E-state index contributed by atoms with van der Waals surface area (Å²) in [5.74, 6) is 0.173. The van der Waals surface area contributed by atoms with Gasteiger partial charge in [0.2, 0.25) is 0 Å². The lowest BCUT2D eigenvalue weighted by atomic mass is 10.1. The third-order valence-electron chi connectivity index (χ3n) is 3.96. The molecule has 0 fully saturated rings. The van der Waals surface area contributed by atoms with Crippen LogP contribution in [0.2, 0.25) is 0 Å². The molecule has 0 spiro atoms. The van der Waals surface area contributed by atoms with Crippen LogP contribution >= 0.6 is 0 Å². The predicted molar refractivity (Wildman–Crippen MR) is 107 cm³/mol. The summed E-state index contributed by atoms with van der Waals surface area (Å²) in [5.41, 5.74) is 5.35. The second kappa shape index (κ2) is 8.08. The highest BCUT2D eigenvalue weighted by Gasteiger charge is 1.98. The van der Waals surface area contributed by atoms with E-state index in [1.807, 2.05) is 67.6 Å². The van der Waals surface area contributed by atoms with E-state index in [1.165, 1.54) is 0 Å². The summed E-state index contributed by atoms with van der Waals surface area (Å²) in [4.78, 5) is 15.0. The van der Waals surface area contributed by atoms with Crippen LogP contribution in [0, 0.1) is 6.92 Å². The number of phenols is 1. The van der Waals surface area contributed by atoms with Gasteiger partial charge >= 0.3 is 0 Å². The average Bonchev–Trinajstić information content (AvgIpc) is 2.68. The molecule has 0 aliphatic heterocycles. The molecule has 0 saturated heterocycles. The summed E-state index contributed by atoms with van der Waals surface area (Å²) in [6.07, 6.45) is 6.59. The molecule has 0 heterocycles. The minimum absolute atomic E-state index is 0.173. The zero-order valence-corrected chi connectivity index (χ0v) is 14.5. The van der Waals surface area contributed by atoms with Crippen molar-refractivity contribution in [3.63, 3.8) is 0 Å². The van der Waals surface area contributed by atoms with Gasteiger partial charge in [-0.25, -0.2) is 0 Å². The third-order valence-corrected chi connectivity index (χ3v) is 3.96. The number of nitrogens with zero attached hydrogens (tertiary/aromatic N) is 1. The number of carbonyl (C=O) groups is 1. The van der Waals surface area contributed by atoms with E-state index < -0.39 is 0 Å². The van der Waals surface area contributed by atoms with E-state index in [9.17, 15) is 9.90 Å². The van der Waals surface area contributed by atoms with Crippen LogP contribution in [0.4, 0.5) is 5.69 Å². The highest BCUT2D eigenvalue weighted by atomic mass is 16.3. The van der Waals surface area contributed by atoms with Crippen molar-refractivity contribution in [3.05, 3.63) is 94.5 Å². The minimum atomic E-state index is 0.173. The van der Waals surface area contributed by atoms with E-state index in [2.05, 4.69) is 4.99 Å². The number of aromatic hydroxyl groups is 1. The van der Waals surface area contributed by atoms with Crippen LogP contribution in [0.3, 0.4) is 0 Å². The van der Waals surface area contributed by atoms with Gasteiger partial charge in [-0.1, -0.05) is 66.7 Å². The highest BCUT2D eigenvalue weighted by Crippen LogP contribution is 2.26. The average molecular weight is 341 g/mol. The molecular weight excluding hydrogens is 322 g/mol. The van der Waals surface area contributed by atoms with Gasteiger partial charge in [-0.2, -0.15) is 0 Å². The first-order chi connectivity index (χ1) is 12.6. The van der Waals surface area contributed by atoms with Gasteiger partial charge in [0.05, 0.1) is 0 Å². The number of hydrogen-bond acceptors (Lipinski definition) is 3. The molecule has 3 heteroatoms. The molecule has 0 aliphatic rings. The van der Waals surface area contributed by atoms with Crippen molar-refractivity contribution >= 4 is 30.3 Å². The van der Waals surface area contributed by atoms with Crippen molar-refractivity contribution < 1.29 is 9.90 Å². The van der Waals surface area contributed by atoms with Crippen molar-refractivity contribution in [1.82, 2.24) is 0 Å². The number of rotatable bonds is 5. The topological polar surface area (TPSA) is 49.7 Å². The molecule has 0 aliphatic carbocycles. The van der Waals surface area contributed by atoms with Gasteiger partial charge in [-0.3, -0.25) is 9.79 Å². The molecule has 3 nitrogen and oxygen atoms in total. The van der Waals surface area contributed by atoms with Gasteiger partial charge in [0.25, 0.3) is 0 Å². The van der Waals surface area contributed by atoms with E-state index in [0.717, 1.165) is 28.5 Å². The number of aldehydes is 1. The predicted octanol–water partition coefficient (Wildman–Crippen LogP) is 5.43. The molecule has 3 rings (SSSR count). The Labute approximate surface area is 153 Å². The molecule has 3 aromatic carbocycles. The van der Waals surface area contributed by atoms with Gasteiger partial charge in [0.15, 0.2) is 0 Å². The molecule has 0 atom stereocenters. The largest absolute Gasteiger partial charge is 0.506 e. The van der Waals surface area contributed by atoms with Crippen molar-refractivity contribution in [2.45, 2.75) is 6.92 Å². The zero-order valence-electron chi connectivity index (χ0n) is 14.5. The Morgan fingerprint density at radius 3 is 1.88 bits per heavy atom. The summed E-state index contributed by atoms with van der Waals surface area (Å²) < 4.78 is 0. The Balaban J connectivity index is 1.69. The first-order valence-corrected chi connectivity index (χ1v) is 8.31. The molecule has 3 aromatic rings. The fourth-order valence-corrected chi connectivity index (χ4v) is 2.45. The first kappa shape index (κ1) is 17.4.